The Bertz CT molecular complexity index is 680. The molecule has 0 spiro atoms. The summed E-state index contributed by atoms with van der Waals surface area (Å²) >= 11 is 0. The van der Waals surface area contributed by atoms with Crippen LogP contribution in [0.2, 0.25) is 0 Å². The van der Waals surface area contributed by atoms with E-state index in [1.165, 1.54) is 30.4 Å². The fraction of sp³-hybridized carbons (Fsp3) is 0.500. The third kappa shape index (κ3) is 2.93. The number of H-pyrrole nitrogens is 1. The summed E-state index contributed by atoms with van der Waals surface area (Å²) < 4.78 is 1.70. The van der Waals surface area contributed by atoms with Crippen molar-refractivity contribution in [2.75, 3.05) is 13.1 Å². The number of piperidine rings is 1. The first-order valence-corrected chi connectivity index (χ1v) is 7.61. The number of nitrogens with one attached hydrogen (secondary N) is 1. The van der Waals surface area contributed by atoms with Gasteiger partial charge in [-0.1, -0.05) is 12.5 Å². The second kappa shape index (κ2) is 5.85. The van der Waals surface area contributed by atoms with Crippen molar-refractivity contribution < 1.29 is 0 Å². The largest absolute Gasteiger partial charge is 0.347 e. The molecule has 5 nitrogen and oxygen atoms in total. The third-order valence-corrected chi connectivity index (χ3v) is 4.30. The Kier molecular flexibility index (Phi) is 3.92. The molecule has 0 bridgehead atoms. The highest BCUT2D eigenvalue weighted by Crippen LogP contribution is 2.16. The Labute approximate surface area is 124 Å². The number of aromatic nitrogens is 3. The minimum Gasteiger partial charge on any atom is -0.296 e. The van der Waals surface area contributed by atoms with Crippen LogP contribution >= 0.6 is 0 Å². The second-order valence-corrected chi connectivity index (χ2v) is 5.89. The van der Waals surface area contributed by atoms with Gasteiger partial charge in [0.1, 0.15) is 0 Å². The number of benzene rings is 1. The summed E-state index contributed by atoms with van der Waals surface area (Å²) in [6, 6.07) is 6.08. The molecular formula is C16H22N4O. The maximum Gasteiger partial charge on any atom is 0.347 e. The Morgan fingerprint density at radius 1 is 1.14 bits per heavy atom. The van der Waals surface area contributed by atoms with Gasteiger partial charge in [-0.2, -0.15) is 5.10 Å². The minimum atomic E-state index is -0.162. The molecule has 2 aromatic rings. The minimum absolute atomic E-state index is 0.162. The number of hydrogen-bond acceptors (Lipinski definition) is 3. The fourth-order valence-corrected chi connectivity index (χ4v) is 2.88. The van der Waals surface area contributed by atoms with Crippen LogP contribution in [0.5, 0.6) is 0 Å². The smallest absolute Gasteiger partial charge is 0.296 e. The Morgan fingerprint density at radius 3 is 2.62 bits per heavy atom. The van der Waals surface area contributed by atoms with Crippen molar-refractivity contribution in [3.63, 3.8) is 0 Å². The predicted molar refractivity (Wildman–Crippen MR) is 82.8 cm³/mol. The molecule has 1 N–H and O–H groups in total. The van der Waals surface area contributed by atoms with Crippen LogP contribution in [-0.4, -0.2) is 32.8 Å². The molecule has 1 saturated heterocycles. The summed E-state index contributed by atoms with van der Waals surface area (Å²) in [4.78, 5) is 14.5. The van der Waals surface area contributed by atoms with Crippen LogP contribution in [0, 0.1) is 13.8 Å². The SMILES string of the molecule is Cc1ccc(-n2c(CN3CCCCC3)n[nH]c2=O)cc1C. The van der Waals surface area contributed by atoms with Gasteiger partial charge in [-0.05, 0) is 63.0 Å². The van der Waals surface area contributed by atoms with E-state index in [1.807, 2.05) is 12.1 Å². The van der Waals surface area contributed by atoms with Crippen molar-refractivity contribution in [1.82, 2.24) is 19.7 Å². The van der Waals surface area contributed by atoms with E-state index < -0.39 is 0 Å². The van der Waals surface area contributed by atoms with Crippen LogP contribution in [0.25, 0.3) is 5.69 Å². The number of aromatic amines is 1. The first-order chi connectivity index (χ1) is 10.1. The van der Waals surface area contributed by atoms with Crippen molar-refractivity contribution in [3.05, 3.63) is 45.6 Å². The lowest BCUT2D eigenvalue weighted by Gasteiger charge is -2.25. The van der Waals surface area contributed by atoms with Gasteiger partial charge in [0.15, 0.2) is 5.82 Å². The Morgan fingerprint density at radius 2 is 1.90 bits per heavy atom. The van der Waals surface area contributed by atoms with Gasteiger partial charge in [-0.3, -0.25) is 4.90 Å². The van der Waals surface area contributed by atoms with Gasteiger partial charge in [-0.15, -0.1) is 0 Å². The molecule has 0 atom stereocenters. The van der Waals surface area contributed by atoms with Crippen molar-refractivity contribution in [1.29, 1.82) is 0 Å². The first kappa shape index (κ1) is 14.1. The molecule has 0 amide bonds. The highest BCUT2D eigenvalue weighted by molar-refractivity contribution is 5.40. The highest BCUT2D eigenvalue weighted by atomic mass is 16.1. The molecule has 3 rings (SSSR count). The van der Waals surface area contributed by atoms with Gasteiger partial charge >= 0.3 is 5.69 Å². The Balaban J connectivity index is 1.92. The van der Waals surface area contributed by atoms with Gasteiger partial charge in [0.05, 0.1) is 12.2 Å². The molecule has 0 unspecified atom stereocenters. The molecule has 1 fully saturated rings. The molecule has 0 saturated carbocycles. The van der Waals surface area contributed by atoms with E-state index in [-0.39, 0.29) is 5.69 Å². The van der Waals surface area contributed by atoms with Crippen LogP contribution < -0.4 is 5.69 Å². The van der Waals surface area contributed by atoms with E-state index >= 15 is 0 Å². The van der Waals surface area contributed by atoms with E-state index in [4.69, 9.17) is 0 Å². The van der Waals surface area contributed by atoms with Crippen molar-refractivity contribution in [2.24, 2.45) is 0 Å². The zero-order valence-corrected chi connectivity index (χ0v) is 12.7. The average molecular weight is 286 g/mol. The first-order valence-electron chi connectivity index (χ1n) is 7.61. The van der Waals surface area contributed by atoms with Crippen LogP contribution in [0.4, 0.5) is 0 Å². The monoisotopic (exact) mass is 286 g/mol. The summed E-state index contributed by atoms with van der Waals surface area (Å²) in [5, 5.41) is 6.81. The number of hydrogen-bond donors (Lipinski definition) is 1. The normalized spacial score (nSPS) is 16.3. The van der Waals surface area contributed by atoms with Gasteiger partial charge in [0, 0.05) is 0 Å². The molecule has 1 aromatic heterocycles. The van der Waals surface area contributed by atoms with Gasteiger partial charge in [-0.25, -0.2) is 14.5 Å². The summed E-state index contributed by atoms with van der Waals surface area (Å²) in [7, 11) is 0. The lowest BCUT2D eigenvalue weighted by molar-refractivity contribution is 0.214. The molecule has 0 aliphatic carbocycles. The standard InChI is InChI=1S/C16H22N4O/c1-12-6-7-14(10-13(12)2)20-15(17-18-16(20)21)11-19-8-4-3-5-9-19/h6-7,10H,3-5,8-9,11H2,1-2H3,(H,18,21). The average Bonchev–Trinajstić information content (AvgIpc) is 2.84. The van der Waals surface area contributed by atoms with E-state index in [0.717, 1.165) is 31.1 Å². The number of nitrogens with zero attached hydrogens (tertiary/aromatic N) is 3. The maximum atomic E-state index is 12.1. The molecule has 5 heteroatoms. The van der Waals surface area contributed by atoms with Crippen molar-refractivity contribution in [3.8, 4) is 5.69 Å². The van der Waals surface area contributed by atoms with Crippen LogP contribution in [0.3, 0.4) is 0 Å². The predicted octanol–water partition coefficient (Wildman–Crippen LogP) is 2.16. The summed E-state index contributed by atoms with van der Waals surface area (Å²) in [5.41, 5.74) is 3.14. The summed E-state index contributed by atoms with van der Waals surface area (Å²) in [6.07, 6.45) is 3.78. The van der Waals surface area contributed by atoms with E-state index in [0.29, 0.717) is 0 Å². The van der Waals surface area contributed by atoms with E-state index in [9.17, 15) is 4.79 Å². The van der Waals surface area contributed by atoms with E-state index in [1.54, 1.807) is 4.57 Å². The molecular weight excluding hydrogens is 264 g/mol. The lowest BCUT2D eigenvalue weighted by atomic mass is 10.1. The number of rotatable bonds is 3. The second-order valence-electron chi connectivity index (χ2n) is 5.89. The maximum absolute atomic E-state index is 12.1. The molecule has 2 heterocycles. The van der Waals surface area contributed by atoms with Crippen molar-refractivity contribution >= 4 is 0 Å². The zero-order valence-electron chi connectivity index (χ0n) is 12.7. The molecule has 112 valence electrons. The molecule has 1 aromatic carbocycles. The Hall–Kier alpha value is -1.88. The number of likely N-dealkylation sites (tertiary alicyclic amines) is 1. The topological polar surface area (TPSA) is 53.9 Å². The lowest BCUT2D eigenvalue weighted by Crippen LogP contribution is -2.31. The quantitative estimate of drug-likeness (QED) is 0.940. The van der Waals surface area contributed by atoms with Gasteiger partial charge < -0.3 is 0 Å². The molecule has 1 aliphatic rings. The summed E-state index contributed by atoms with van der Waals surface area (Å²) in [6.45, 7) is 7.05. The van der Waals surface area contributed by atoms with Gasteiger partial charge in [0.25, 0.3) is 0 Å². The highest BCUT2D eigenvalue weighted by Gasteiger charge is 2.16. The zero-order chi connectivity index (χ0) is 14.8. The molecule has 1 aliphatic heterocycles. The third-order valence-electron chi connectivity index (χ3n) is 4.30. The molecule has 21 heavy (non-hydrogen) atoms. The van der Waals surface area contributed by atoms with Crippen LogP contribution in [0.1, 0.15) is 36.2 Å². The van der Waals surface area contributed by atoms with Gasteiger partial charge in [0.2, 0.25) is 0 Å². The van der Waals surface area contributed by atoms with E-state index in [2.05, 4.69) is 35.0 Å². The number of aryl methyl sites for hydroxylation is 2. The summed E-state index contributed by atoms with van der Waals surface area (Å²) in [5.74, 6) is 0.796. The molecule has 0 radical (unpaired) electrons. The fourth-order valence-electron chi connectivity index (χ4n) is 2.88. The van der Waals surface area contributed by atoms with Crippen LogP contribution in [0.15, 0.2) is 23.0 Å². The van der Waals surface area contributed by atoms with Crippen molar-refractivity contribution in [2.45, 2.75) is 39.7 Å². The van der Waals surface area contributed by atoms with Crippen LogP contribution in [-0.2, 0) is 6.54 Å².